The molecule has 1 aliphatic rings. The molecule has 0 unspecified atom stereocenters. The lowest BCUT2D eigenvalue weighted by molar-refractivity contribution is -0.192. The lowest BCUT2D eigenvalue weighted by Crippen LogP contribution is -2.22. The molecular weight excluding hydrogens is 423 g/mol. The smallest absolute Gasteiger partial charge is 0.475 e. The number of nitrogens with zero attached hydrogens (tertiary/aromatic N) is 1. The van der Waals surface area contributed by atoms with Crippen LogP contribution in [0, 0.1) is 5.92 Å². The van der Waals surface area contributed by atoms with Crippen molar-refractivity contribution in [2.75, 3.05) is 19.8 Å². The molecule has 9 heteroatoms. The number of benzene rings is 2. The molecule has 0 radical (unpaired) electrons. The fourth-order valence-electron chi connectivity index (χ4n) is 3.50. The van der Waals surface area contributed by atoms with Crippen LogP contribution in [-0.4, -0.2) is 47.0 Å². The van der Waals surface area contributed by atoms with Crippen LogP contribution >= 0.6 is 0 Å². The zero-order chi connectivity index (χ0) is 23.0. The van der Waals surface area contributed by atoms with Crippen molar-refractivity contribution in [3.63, 3.8) is 0 Å². The summed E-state index contributed by atoms with van der Waals surface area (Å²) in [6.07, 6.45) is 0.349. The van der Waals surface area contributed by atoms with E-state index in [-0.39, 0.29) is 0 Å². The molecule has 0 spiro atoms. The quantitative estimate of drug-likeness (QED) is 0.472. The van der Waals surface area contributed by atoms with E-state index < -0.39 is 12.1 Å². The minimum absolute atomic E-state index is 0.834. The van der Waals surface area contributed by atoms with Crippen LogP contribution in [0.5, 0.6) is 0 Å². The number of imidazole rings is 1. The van der Waals surface area contributed by atoms with E-state index >= 15 is 0 Å². The van der Waals surface area contributed by atoms with Crippen LogP contribution in [0.1, 0.15) is 24.8 Å². The lowest BCUT2D eigenvalue weighted by atomic mass is 9.97. The van der Waals surface area contributed by atoms with Crippen LogP contribution < -0.4 is 5.32 Å². The van der Waals surface area contributed by atoms with Gasteiger partial charge in [-0.05, 0) is 60.5 Å². The first kappa shape index (κ1) is 23.7. The zero-order valence-corrected chi connectivity index (χ0v) is 17.5. The molecule has 32 heavy (non-hydrogen) atoms. The number of carboxylic acids is 1. The first-order valence-electron chi connectivity index (χ1n) is 10.4. The van der Waals surface area contributed by atoms with Crippen LogP contribution in [0.15, 0.2) is 48.8 Å². The Morgan fingerprint density at radius 1 is 1.12 bits per heavy atom. The van der Waals surface area contributed by atoms with Crippen molar-refractivity contribution >= 4 is 17.0 Å². The molecule has 172 valence electrons. The molecule has 0 bridgehead atoms. The number of aliphatic carboxylic acids is 1. The number of carbonyl (C=O) groups is 1. The molecule has 1 saturated heterocycles. The van der Waals surface area contributed by atoms with Crippen molar-refractivity contribution in [2.45, 2.75) is 32.0 Å². The fraction of sp³-hybridized carbons (Fsp3) is 0.391. The number of hydrogen-bond acceptors (Lipinski definition) is 4. The first-order valence-corrected chi connectivity index (χ1v) is 10.4. The zero-order valence-electron chi connectivity index (χ0n) is 17.5. The molecule has 2 heterocycles. The molecule has 3 N–H and O–H groups in total. The van der Waals surface area contributed by atoms with E-state index in [9.17, 15) is 13.2 Å². The molecule has 0 aliphatic carbocycles. The summed E-state index contributed by atoms with van der Waals surface area (Å²) in [5.41, 5.74) is 5.86. The van der Waals surface area contributed by atoms with Gasteiger partial charge in [-0.15, -0.1) is 0 Å². The van der Waals surface area contributed by atoms with Gasteiger partial charge in [0.2, 0.25) is 0 Å². The van der Waals surface area contributed by atoms with Gasteiger partial charge >= 0.3 is 12.1 Å². The van der Waals surface area contributed by atoms with Gasteiger partial charge in [-0.2, -0.15) is 13.2 Å². The summed E-state index contributed by atoms with van der Waals surface area (Å²) < 4.78 is 37.2. The molecule has 0 saturated carbocycles. The number of nitrogens with one attached hydrogen (secondary N) is 2. The topological polar surface area (TPSA) is 87.2 Å². The average Bonchev–Trinajstić information content (AvgIpc) is 3.26. The number of alkyl halides is 3. The first-order chi connectivity index (χ1) is 15.3. The Hall–Kier alpha value is -2.91. The van der Waals surface area contributed by atoms with Crippen molar-refractivity contribution in [3.05, 3.63) is 54.4 Å². The number of H-pyrrole nitrogens is 1. The maximum atomic E-state index is 10.6. The normalized spacial score (nSPS) is 14.7. The highest BCUT2D eigenvalue weighted by atomic mass is 19.4. The molecule has 3 aromatic rings. The molecule has 4 rings (SSSR count). The van der Waals surface area contributed by atoms with Gasteiger partial charge in [0.1, 0.15) is 0 Å². The Bertz CT molecular complexity index is 997. The third kappa shape index (κ3) is 7.06. The van der Waals surface area contributed by atoms with E-state index in [1.165, 1.54) is 36.0 Å². The van der Waals surface area contributed by atoms with Gasteiger partial charge in [0.05, 0.1) is 17.4 Å². The predicted molar refractivity (Wildman–Crippen MR) is 115 cm³/mol. The predicted octanol–water partition coefficient (Wildman–Crippen LogP) is 4.77. The van der Waals surface area contributed by atoms with Gasteiger partial charge < -0.3 is 20.1 Å². The van der Waals surface area contributed by atoms with E-state index in [1.807, 2.05) is 0 Å². The van der Waals surface area contributed by atoms with Crippen LogP contribution in [0.2, 0.25) is 0 Å². The second-order valence-electron chi connectivity index (χ2n) is 7.66. The van der Waals surface area contributed by atoms with Crippen LogP contribution in [0.4, 0.5) is 13.2 Å². The molecular formula is C23H26F3N3O3. The fourth-order valence-corrected chi connectivity index (χ4v) is 3.50. The molecule has 6 nitrogen and oxygen atoms in total. The van der Waals surface area contributed by atoms with Crippen molar-refractivity contribution in [1.82, 2.24) is 15.3 Å². The van der Waals surface area contributed by atoms with Gasteiger partial charge in [0, 0.05) is 19.8 Å². The molecule has 1 aromatic heterocycles. The number of ether oxygens (including phenoxy) is 1. The number of carboxylic acid groups (broad SMARTS) is 1. The van der Waals surface area contributed by atoms with Crippen LogP contribution in [0.3, 0.4) is 0 Å². The van der Waals surface area contributed by atoms with Gasteiger partial charge in [0.25, 0.3) is 0 Å². The number of aromatic amines is 1. The average molecular weight is 449 g/mol. The van der Waals surface area contributed by atoms with Gasteiger partial charge in [0.15, 0.2) is 0 Å². The summed E-state index contributed by atoms with van der Waals surface area (Å²) >= 11 is 0. The standard InChI is InChI=1S/C21H25N3O.C2HF3O2/c1-3-18(19-5-6-20-21(13-19)24-15-23-20)4-2-17(1)14-22-10-7-16-8-11-25-12-9-16;3-2(4,5)1(6)7/h1-6,13,15-16,22H,7-12,14H2,(H,23,24);(H,6,7). The molecule has 0 atom stereocenters. The van der Waals surface area contributed by atoms with E-state index in [2.05, 4.69) is 57.7 Å². The van der Waals surface area contributed by atoms with Gasteiger partial charge in [-0.1, -0.05) is 30.3 Å². The lowest BCUT2D eigenvalue weighted by Gasteiger charge is -2.21. The highest BCUT2D eigenvalue weighted by molar-refractivity contribution is 5.81. The van der Waals surface area contributed by atoms with Crippen molar-refractivity contribution in [3.8, 4) is 11.1 Å². The van der Waals surface area contributed by atoms with Gasteiger partial charge in [-0.3, -0.25) is 0 Å². The molecule has 1 aliphatic heterocycles. The Morgan fingerprint density at radius 3 is 2.44 bits per heavy atom. The van der Waals surface area contributed by atoms with E-state index in [0.717, 1.165) is 43.3 Å². The van der Waals surface area contributed by atoms with E-state index in [4.69, 9.17) is 14.6 Å². The second kappa shape index (κ2) is 11.1. The van der Waals surface area contributed by atoms with E-state index in [1.54, 1.807) is 6.33 Å². The monoisotopic (exact) mass is 449 g/mol. The molecule has 2 aromatic carbocycles. The summed E-state index contributed by atoms with van der Waals surface area (Å²) in [6, 6.07) is 15.2. The van der Waals surface area contributed by atoms with Crippen molar-refractivity contribution in [1.29, 1.82) is 0 Å². The Labute approximate surface area is 183 Å². The largest absolute Gasteiger partial charge is 0.490 e. The molecule has 0 amide bonds. The summed E-state index contributed by atoms with van der Waals surface area (Å²) in [5.74, 6) is -1.92. The Balaban J connectivity index is 0.000000360. The Kier molecular flexibility index (Phi) is 8.24. The summed E-state index contributed by atoms with van der Waals surface area (Å²) in [6.45, 7) is 3.90. The van der Waals surface area contributed by atoms with Gasteiger partial charge in [-0.25, -0.2) is 9.78 Å². The third-order valence-electron chi connectivity index (χ3n) is 5.35. The maximum Gasteiger partial charge on any atom is 0.490 e. The Morgan fingerprint density at radius 2 is 1.78 bits per heavy atom. The summed E-state index contributed by atoms with van der Waals surface area (Å²) in [4.78, 5) is 16.4. The van der Waals surface area contributed by atoms with Crippen molar-refractivity contribution < 1.29 is 27.8 Å². The molecule has 1 fully saturated rings. The number of rotatable bonds is 6. The second-order valence-corrected chi connectivity index (χ2v) is 7.66. The number of hydrogen-bond donors (Lipinski definition) is 3. The minimum Gasteiger partial charge on any atom is -0.475 e. The summed E-state index contributed by atoms with van der Waals surface area (Å²) in [5, 5.41) is 10.7. The number of halogens is 3. The highest BCUT2D eigenvalue weighted by Crippen LogP contribution is 2.23. The SMILES string of the molecule is O=C(O)C(F)(F)F.c1nc2cc(-c3ccc(CNCCC4CCOCC4)cc3)ccc2[nH]1. The maximum absolute atomic E-state index is 10.6. The number of aromatic nitrogens is 2. The van der Waals surface area contributed by atoms with Crippen LogP contribution in [-0.2, 0) is 16.1 Å². The van der Waals surface area contributed by atoms with Crippen LogP contribution in [0.25, 0.3) is 22.2 Å². The third-order valence-corrected chi connectivity index (χ3v) is 5.35. The minimum atomic E-state index is -5.08. The number of fused-ring (bicyclic) bond motifs is 1. The summed E-state index contributed by atoms with van der Waals surface area (Å²) in [7, 11) is 0. The van der Waals surface area contributed by atoms with E-state index in [0.29, 0.717) is 0 Å². The highest BCUT2D eigenvalue weighted by Gasteiger charge is 2.38. The van der Waals surface area contributed by atoms with Crippen molar-refractivity contribution in [2.24, 2.45) is 5.92 Å².